The number of carbonyl (C=O) groups excluding carboxylic acids is 2. The Morgan fingerprint density at radius 1 is 1.12 bits per heavy atom. The lowest BCUT2D eigenvalue weighted by atomic mass is 10.2. The summed E-state index contributed by atoms with van der Waals surface area (Å²) in [5.74, 6) is 0.0235. The van der Waals surface area contributed by atoms with Crippen molar-refractivity contribution in [2.24, 2.45) is 0 Å². The van der Waals surface area contributed by atoms with Crippen LogP contribution in [0.2, 0.25) is 5.02 Å². The molecule has 7 heteroatoms. The summed E-state index contributed by atoms with van der Waals surface area (Å²) in [6.45, 7) is 0.361. The first-order valence-electron chi connectivity index (χ1n) is 7.55. The van der Waals surface area contributed by atoms with Crippen molar-refractivity contribution >= 4 is 29.2 Å². The van der Waals surface area contributed by atoms with Crippen LogP contribution in [0, 0.1) is 0 Å². The van der Waals surface area contributed by atoms with Crippen LogP contribution >= 0.6 is 11.6 Å². The van der Waals surface area contributed by atoms with E-state index < -0.39 is 5.97 Å². The van der Waals surface area contributed by atoms with Gasteiger partial charge < -0.3 is 20.1 Å². The molecule has 0 atom stereocenters. The third-order valence-electron chi connectivity index (χ3n) is 3.50. The topological polar surface area (TPSA) is 76.7 Å². The zero-order valence-electron chi connectivity index (χ0n) is 14.0. The maximum atomic E-state index is 12.0. The summed E-state index contributed by atoms with van der Waals surface area (Å²) >= 11 is 6.08. The lowest BCUT2D eigenvalue weighted by Gasteiger charge is -2.12. The van der Waals surface area contributed by atoms with Gasteiger partial charge in [-0.15, -0.1) is 0 Å². The molecule has 0 aliphatic carbocycles. The Morgan fingerprint density at radius 3 is 2.60 bits per heavy atom. The summed E-state index contributed by atoms with van der Waals surface area (Å²) in [5.41, 5.74) is 1.71. The Hall–Kier alpha value is -2.73. The van der Waals surface area contributed by atoms with Crippen LogP contribution in [-0.4, -0.2) is 32.6 Å². The van der Waals surface area contributed by atoms with Crippen molar-refractivity contribution in [3.8, 4) is 5.75 Å². The average molecular weight is 363 g/mol. The third kappa shape index (κ3) is 5.12. The van der Waals surface area contributed by atoms with E-state index in [9.17, 15) is 9.59 Å². The highest BCUT2D eigenvalue weighted by atomic mass is 35.5. The molecule has 0 aliphatic heterocycles. The van der Waals surface area contributed by atoms with Crippen molar-refractivity contribution in [2.45, 2.75) is 6.54 Å². The largest absolute Gasteiger partial charge is 0.496 e. The van der Waals surface area contributed by atoms with Crippen molar-refractivity contribution in [1.82, 2.24) is 5.32 Å². The Labute approximate surface area is 151 Å². The number of nitrogens with one attached hydrogen (secondary N) is 2. The fraction of sp³-hybridized carbons (Fsp3) is 0.222. The molecule has 0 unspecified atom stereocenters. The number of rotatable bonds is 7. The Balaban J connectivity index is 1.93. The minimum Gasteiger partial charge on any atom is -0.496 e. The van der Waals surface area contributed by atoms with Gasteiger partial charge in [0.15, 0.2) is 0 Å². The number of halogens is 1. The smallest absolute Gasteiger partial charge is 0.337 e. The van der Waals surface area contributed by atoms with Gasteiger partial charge in [-0.05, 0) is 24.3 Å². The van der Waals surface area contributed by atoms with Crippen molar-refractivity contribution in [1.29, 1.82) is 0 Å². The average Bonchev–Trinajstić information content (AvgIpc) is 2.65. The van der Waals surface area contributed by atoms with Gasteiger partial charge in [0.25, 0.3) is 0 Å². The van der Waals surface area contributed by atoms with Gasteiger partial charge in [0, 0.05) is 12.1 Å². The van der Waals surface area contributed by atoms with Crippen molar-refractivity contribution in [3.05, 3.63) is 58.6 Å². The second kappa shape index (κ2) is 8.94. The van der Waals surface area contributed by atoms with Crippen LogP contribution in [0.3, 0.4) is 0 Å². The number of esters is 1. The molecule has 0 radical (unpaired) electrons. The maximum Gasteiger partial charge on any atom is 0.337 e. The van der Waals surface area contributed by atoms with Crippen molar-refractivity contribution in [3.63, 3.8) is 0 Å². The number of anilines is 1. The number of ether oxygens (including phenoxy) is 2. The van der Waals surface area contributed by atoms with Gasteiger partial charge in [0.05, 0.1) is 37.0 Å². The quantitative estimate of drug-likeness (QED) is 0.741. The van der Waals surface area contributed by atoms with E-state index in [0.29, 0.717) is 28.6 Å². The van der Waals surface area contributed by atoms with E-state index in [4.69, 9.17) is 16.3 Å². The molecule has 0 spiro atoms. The van der Waals surface area contributed by atoms with Crippen molar-refractivity contribution in [2.75, 3.05) is 26.1 Å². The van der Waals surface area contributed by atoms with Crippen LogP contribution in [-0.2, 0) is 16.1 Å². The Kier molecular flexibility index (Phi) is 6.65. The molecular formula is C18H19ClN2O4. The summed E-state index contributed by atoms with van der Waals surface area (Å²) in [6.07, 6.45) is 0. The molecule has 25 heavy (non-hydrogen) atoms. The number of para-hydroxylation sites is 1. The van der Waals surface area contributed by atoms with Crippen LogP contribution < -0.4 is 15.4 Å². The molecule has 6 nitrogen and oxygen atoms in total. The zero-order valence-corrected chi connectivity index (χ0v) is 14.7. The van der Waals surface area contributed by atoms with Gasteiger partial charge in [-0.3, -0.25) is 4.79 Å². The lowest BCUT2D eigenvalue weighted by molar-refractivity contribution is -0.119. The summed E-state index contributed by atoms with van der Waals surface area (Å²) in [4.78, 5) is 23.6. The van der Waals surface area contributed by atoms with Gasteiger partial charge in [-0.25, -0.2) is 4.79 Å². The Morgan fingerprint density at radius 2 is 1.88 bits per heavy atom. The van der Waals surface area contributed by atoms with Gasteiger partial charge in [-0.2, -0.15) is 0 Å². The highest BCUT2D eigenvalue weighted by Crippen LogP contribution is 2.23. The minimum atomic E-state index is -0.472. The van der Waals surface area contributed by atoms with E-state index in [-0.39, 0.29) is 12.5 Å². The molecule has 2 aromatic rings. The minimum absolute atomic E-state index is 0.0134. The molecule has 2 N–H and O–H groups in total. The van der Waals surface area contributed by atoms with Crippen LogP contribution in [0.4, 0.5) is 5.69 Å². The highest BCUT2D eigenvalue weighted by molar-refractivity contribution is 6.33. The molecule has 0 bridgehead atoms. The molecule has 0 fully saturated rings. The fourth-order valence-electron chi connectivity index (χ4n) is 2.19. The summed E-state index contributed by atoms with van der Waals surface area (Å²) < 4.78 is 9.91. The molecule has 2 aromatic carbocycles. The number of hydrogen-bond acceptors (Lipinski definition) is 5. The van der Waals surface area contributed by atoms with Gasteiger partial charge >= 0.3 is 5.97 Å². The predicted molar refractivity (Wildman–Crippen MR) is 96.1 cm³/mol. The van der Waals surface area contributed by atoms with Crippen LogP contribution in [0.15, 0.2) is 42.5 Å². The first kappa shape index (κ1) is 18.6. The summed E-state index contributed by atoms with van der Waals surface area (Å²) in [6, 6.07) is 12.1. The molecule has 0 aromatic heterocycles. The molecule has 0 saturated carbocycles. The first-order chi connectivity index (χ1) is 12.0. The normalized spacial score (nSPS) is 10.0. The van der Waals surface area contributed by atoms with Gasteiger partial charge in [-0.1, -0.05) is 29.8 Å². The molecular weight excluding hydrogens is 344 g/mol. The monoisotopic (exact) mass is 362 g/mol. The molecule has 2 rings (SSSR count). The number of methoxy groups -OCH3 is 2. The zero-order chi connectivity index (χ0) is 18.2. The molecule has 132 valence electrons. The number of amides is 1. The van der Waals surface area contributed by atoms with Crippen LogP contribution in [0.5, 0.6) is 5.75 Å². The lowest BCUT2D eigenvalue weighted by Crippen LogP contribution is -2.29. The van der Waals surface area contributed by atoms with Crippen LogP contribution in [0.25, 0.3) is 0 Å². The number of hydrogen-bond donors (Lipinski definition) is 2. The second-order valence-corrected chi connectivity index (χ2v) is 5.54. The van der Waals surface area contributed by atoms with Gasteiger partial charge in [0.2, 0.25) is 5.91 Å². The van der Waals surface area contributed by atoms with Crippen molar-refractivity contribution < 1.29 is 19.1 Å². The van der Waals surface area contributed by atoms with E-state index in [1.807, 2.05) is 24.3 Å². The molecule has 1 amide bonds. The van der Waals surface area contributed by atoms with E-state index in [1.54, 1.807) is 25.3 Å². The standard InChI is InChI=1S/C18H19ClN2O4/c1-24-16-6-4-3-5-13(16)10-21-17(22)11-20-15-9-12(18(23)25-2)7-8-14(15)19/h3-9,20H,10-11H2,1-2H3,(H,21,22). The maximum absolute atomic E-state index is 12.0. The molecule has 0 saturated heterocycles. The second-order valence-electron chi connectivity index (χ2n) is 5.13. The SMILES string of the molecule is COC(=O)c1ccc(Cl)c(NCC(=O)NCc2ccccc2OC)c1. The van der Waals surface area contributed by atoms with E-state index in [0.717, 1.165) is 5.56 Å². The Bertz CT molecular complexity index is 764. The van der Waals surface area contributed by atoms with Gasteiger partial charge in [0.1, 0.15) is 5.75 Å². The van der Waals surface area contributed by atoms with Crippen LogP contribution in [0.1, 0.15) is 15.9 Å². The highest BCUT2D eigenvalue weighted by Gasteiger charge is 2.10. The van der Waals surface area contributed by atoms with E-state index in [2.05, 4.69) is 15.4 Å². The molecule has 0 heterocycles. The number of benzene rings is 2. The predicted octanol–water partition coefficient (Wildman–Crippen LogP) is 2.86. The third-order valence-corrected chi connectivity index (χ3v) is 3.82. The molecule has 0 aliphatic rings. The van der Waals surface area contributed by atoms with E-state index in [1.165, 1.54) is 7.11 Å². The summed E-state index contributed by atoms with van der Waals surface area (Å²) in [7, 11) is 2.88. The number of carbonyl (C=O) groups is 2. The first-order valence-corrected chi connectivity index (χ1v) is 7.93. The fourth-order valence-corrected chi connectivity index (χ4v) is 2.37. The van der Waals surface area contributed by atoms with E-state index >= 15 is 0 Å². The summed E-state index contributed by atoms with van der Waals surface area (Å²) in [5, 5.41) is 6.12.